The standard InChI is InChI=1S/C17H22N4O2S/c1-4-11-5-6-12(7-11)20-21-14(22)8-13-18-16(23)15-9(2)10(3)24-17(15)19-13/h11,15H,4-8H2,1-3H3,(H,21,22)/b20-12+. The third-order valence-electron chi connectivity index (χ3n) is 4.82. The molecule has 3 rings (SSSR count). The summed E-state index contributed by atoms with van der Waals surface area (Å²) in [6, 6.07) is 0. The normalized spacial score (nSPS) is 28.1. The number of carbonyl (C=O) groups is 2. The zero-order chi connectivity index (χ0) is 17.3. The zero-order valence-corrected chi connectivity index (χ0v) is 15.1. The Morgan fingerprint density at radius 2 is 2.17 bits per heavy atom. The van der Waals surface area contributed by atoms with Crippen LogP contribution in [0, 0.1) is 11.8 Å². The van der Waals surface area contributed by atoms with E-state index in [-0.39, 0.29) is 30.0 Å². The van der Waals surface area contributed by atoms with E-state index in [0.717, 1.165) is 46.9 Å². The monoisotopic (exact) mass is 346 g/mol. The van der Waals surface area contributed by atoms with Crippen molar-refractivity contribution in [1.29, 1.82) is 0 Å². The summed E-state index contributed by atoms with van der Waals surface area (Å²) in [6.45, 7) is 6.08. The second-order valence-corrected chi connectivity index (χ2v) is 7.73. The number of hydrazone groups is 1. The van der Waals surface area contributed by atoms with Gasteiger partial charge in [-0.25, -0.2) is 10.4 Å². The van der Waals surface area contributed by atoms with E-state index in [1.54, 1.807) is 0 Å². The van der Waals surface area contributed by atoms with Gasteiger partial charge in [-0.05, 0) is 49.5 Å². The van der Waals surface area contributed by atoms with Crippen LogP contribution in [0.15, 0.2) is 25.6 Å². The highest BCUT2D eigenvalue weighted by Crippen LogP contribution is 2.40. The lowest BCUT2D eigenvalue weighted by Gasteiger charge is -2.14. The molecule has 0 aromatic rings. The Morgan fingerprint density at radius 3 is 2.88 bits per heavy atom. The zero-order valence-electron chi connectivity index (χ0n) is 14.3. The minimum Gasteiger partial charge on any atom is -0.273 e. The van der Waals surface area contributed by atoms with Crippen LogP contribution in [-0.2, 0) is 9.59 Å². The number of amidine groups is 1. The second kappa shape index (κ2) is 7.01. The molecule has 0 aromatic heterocycles. The number of aliphatic imine (C=N–C) groups is 2. The summed E-state index contributed by atoms with van der Waals surface area (Å²) in [7, 11) is 0. The highest BCUT2D eigenvalue weighted by Gasteiger charge is 2.36. The van der Waals surface area contributed by atoms with E-state index in [4.69, 9.17) is 0 Å². The van der Waals surface area contributed by atoms with Gasteiger partial charge in [0.25, 0.3) is 5.91 Å². The van der Waals surface area contributed by atoms with E-state index < -0.39 is 0 Å². The number of allylic oxidation sites excluding steroid dienone is 1. The maximum atomic E-state index is 12.2. The molecule has 1 aliphatic carbocycles. The highest BCUT2D eigenvalue weighted by molar-refractivity contribution is 8.17. The molecule has 128 valence electrons. The van der Waals surface area contributed by atoms with Crippen molar-refractivity contribution < 1.29 is 9.59 Å². The molecular weight excluding hydrogens is 324 g/mol. The Balaban J connectivity index is 1.58. The van der Waals surface area contributed by atoms with Crippen molar-refractivity contribution in [1.82, 2.24) is 5.43 Å². The van der Waals surface area contributed by atoms with Crippen LogP contribution in [-0.4, -0.2) is 28.4 Å². The van der Waals surface area contributed by atoms with E-state index in [9.17, 15) is 9.59 Å². The molecular formula is C17H22N4O2S. The third kappa shape index (κ3) is 3.50. The first-order valence-corrected chi connectivity index (χ1v) is 9.19. The summed E-state index contributed by atoms with van der Waals surface area (Å²) < 4.78 is 0. The van der Waals surface area contributed by atoms with Crippen LogP contribution in [0.1, 0.15) is 52.9 Å². The van der Waals surface area contributed by atoms with Gasteiger partial charge in [0.1, 0.15) is 11.8 Å². The molecule has 2 amide bonds. The maximum absolute atomic E-state index is 12.2. The number of nitrogens with zero attached hydrogens (tertiary/aromatic N) is 3. The number of rotatable bonds is 4. The van der Waals surface area contributed by atoms with Gasteiger partial charge in [0, 0.05) is 5.71 Å². The predicted molar refractivity (Wildman–Crippen MR) is 97.2 cm³/mol. The van der Waals surface area contributed by atoms with E-state index >= 15 is 0 Å². The molecule has 1 saturated carbocycles. The molecule has 0 radical (unpaired) electrons. The lowest BCUT2D eigenvalue weighted by molar-refractivity contribution is -0.119. The summed E-state index contributed by atoms with van der Waals surface area (Å²) in [4.78, 5) is 33.7. The number of hydrogen-bond acceptors (Lipinski definition) is 5. The summed E-state index contributed by atoms with van der Waals surface area (Å²) in [6.07, 6.45) is 4.18. The summed E-state index contributed by atoms with van der Waals surface area (Å²) >= 11 is 1.50. The van der Waals surface area contributed by atoms with Crippen LogP contribution in [0.2, 0.25) is 0 Å². The van der Waals surface area contributed by atoms with Gasteiger partial charge in [-0.3, -0.25) is 9.59 Å². The lowest BCUT2D eigenvalue weighted by Crippen LogP contribution is -2.28. The van der Waals surface area contributed by atoms with Crippen molar-refractivity contribution in [3.63, 3.8) is 0 Å². The fourth-order valence-electron chi connectivity index (χ4n) is 3.17. The van der Waals surface area contributed by atoms with E-state index in [1.807, 2.05) is 13.8 Å². The van der Waals surface area contributed by atoms with Gasteiger partial charge in [0.2, 0.25) is 5.91 Å². The fourth-order valence-corrected chi connectivity index (χ4v) is 4.31. The van der Waals surface area contributed by atoms with Gasteiger partial charge >= 0.3 is 0 Å². The van der Waals surface area contributed by atoms with Crippen molar-refractivity contribution in [2.75, 3.05) is 0 Å². The van der Waals surface area contributed by atoms with Gasteiger partial charge in [0.05, 0.1) is 11.5 Å². The Labute approximate surface area is 146 Å². The minimum absolute atomic E-state index is 0.0192. The average molecular weight is 346 g/mol. The van der Waals surface area contributed by atoms with Gasteiger partial charge in [-0.15, -0.1) is 0 Å². The van der Waals surface area contributed by atoms with Gasteiger partial charge in [-0.2, -0.15) is 10.1 Å². The van der Waals surface area contributed by atoms with Crippen molar-refractivity contribution >= 4 is 40.2 Å². The summed E-state index contributed by atoms with van der Waals surface area (Å²) in [5, 5.41) is 4.95. The number of fused-ring (bicyclic) bond motifs is 1. The Bertz CT molecular complexity index is 705. The largest absolute Gasteiger partial charge is 0.273 e. The molecule has 0 bridgehead atoms. The lowest BCUT2D eigenvalue weighted by atomic mass is 10.00. The van der Waals surface area contributed by atoms with Crippen molar-refractivity contribution in [3.05, 3.63) is 10.5 Å². The summed E-state index contributed by atoms with van der Waals surface area (Å²) in [5.41, 5.74) is 4.63. The first-order valence-electron chi connectivity index (χ1n) is 8.37. The molecule has 2 heterocycles. The molecule has 0 spiro atoms. The highest BCUT2D eigenvalue weighted by atomic mass is 32.2. The Morgan fingerprint density at radius 1 is 1.38 bits per heavy atom. The van der Waals surface area contributed by atoms with Crippen molar-refractivity contribution in [2.45, 2.75) is 52.9 Å². The number of nitrogens with one attached hydrogen (secondary N) is 1. The molecule has 1 fully saturated rings. The molecule has 6 nitrogen and oxygen atoms in total. The maximum Gasteiger partial charge on any atom is 0.261 e. The number of thioether (sulfide) groups is 1. The first-order chi connectivity index (χ1) is 11.5. The number of carbonyl (C=O) groups excluding carboxylic acids is 2. The van der Waals surface area contributed by atoms with Crippen LogP contribution in [0.5, 0.6) is 0 Å². The van der Waals surface area contributed by atoms with E-state index in [0.29, 0.717) is 5.92 Å². The molecule has 7 heteroatoms. The van der Waals surface area contributed by atoms with Crippen LogP contribution in [0.25, 0.3) is 0 Å². The van der Waals surface area contributed by atoms with Crippen LogP contribution in [0.4, 0.5) is 0 Å². The van der Waals surface area contributed by atoms with Gasteiger partial charge in [-0.1, -0.05) is 25.1 Å². The molecule has 3 aliphatic rings. The second-order valence-electron chi connectivity index (χ2n) is 6.50. The van der Waals surface area contributed by atoms with Crippen LogP contribution in [0.3, 0.4) is 0 Å². The fraction of sp³-hybridized carbons (Fsp3) is 0.588. The van der Waals surface area contributed by atoms with Crippen LogP contribution >= 0.6 is 11.8 Å². The molecule has 2 unspecified atom stereocenters. The third-order valence-corrected chi connectivity index (χ3v) is 5.98. The number of hydrogen-bond donors (Lipinski definition) is 1. The molecule has 2 atom stereocenters. The number of amides is 2. The molecule has 1 N–H and O–H groups in total. The van der Waals surface area contributed by atoms with E-state index in [2.05, 4.69) is 27.4 Å². The minimum atomic E-state index is -0.341. The Hall–Kier alpha value is -1.76. The van der Waals surface area contributed by atoms with Crippen molar-refractivity contribution in [3.8, 4) is 0 Å². The SMILES string of the molecule is CCC1CC/C(=N\NC(=O)CC2=NC(=O)C3C(=N2)SC(C)=C3C)C1. The first kappa shape index (κ1) is 17.1. The smallest absolute Gasteiger partial charge is 0.261 e. The topological polar surface area (TPSA) is 83.2 Å². The van der Waals surface area contributed by atoms with E-state index in [1.165, 1.54) is 11.8 Å². The molecule has 2 aliphatic heterocycles. The van der Waals surface area contributed by atoms with Crippen LogP contribution < -0.4 is 5.43 Å². The van der Waals surface area contributed by atoms with Gasteiger partial charge in [0.15, 0.2) is 0 Å². The van der Waals surface area contributed by atoms with Gasteiger partial charge < -0.3 is 0 Å². The molecule has 0 aromatic carbocycles. The predicted octanol–water partition coefficient (Wildman–Crippen LogP) is 3.05. The van der Waals surface area contributed by atoms with Crippen molar-refractivity contribution in [2.24, 2.45) is 26.9 Å². The molecule has 0 saturated heterocycles. The Kier molecular flexibility index (Phi) is 4.99. The molecule has 24 heavy (non-hydrogen) atoms. The quantitative estimate of drug-likeness (QED) is 0.794. The summed E-state index contributed by atoms with van der Waals surface area (Å²) in [5.74, 6) is 0.116. The average Bonchev–Trinajstić information content (AvgIpc) is 3.10.